The monoisotopic (exact) mass is 443 g/mol. The summed E-state index contributed by atoms with van der Waals surface area (Å²) >= 11 is 1.39. The number of fused-ring (bicyclic) bond motifs is 1. The molecule has 0 aliphatic carbocycles. The lowest BCUT2D eigenvalue weighted by Gasteiger charge is -2.11. The van der Waals surface area contributed by atoms with Crippen LogP contribution in [0.5, 0.6) is 5.75 Å². The van der Waals surface area contributed by atoms with Crippen LogP contribution in [0.4, 0.5) is 5.13 Å². The molecule has 7 heteroatoms. The van der Waals surface area contributed by atoms with Gasteiger partial charge in [0.25, 0.3) is 5.91 Å². The van der Waals surface area contributed by atoms with Crippen LogP contribution in [-0.4, -0.2) is 22.6 Å². The van der Waals surface area contributed by atoms with E-state index in [0.717, 1.165) is 28.1 Å². The van der Waals surface area contributed by atoms with Crippen LogP contribution in [-0.2, 0) is 6.54 Å². The van der Waals surface area contributed by atoms with Crippen molar-refractivity contribution in [2.24, 2.45) is 0 Å². The number of aromatic nitrogens is 2. The zero-order valence-corrected chi connectivity index (χ0v) is 18.5. The molecule has 0 atom stereocenters. The summed E-state index contributed by atoms with van der Waals surface area (Å²) in [4.78, 5) is 17.8. The Morgan fingerprint density at radius 1 is 1.16 bits per heavy atom. The number of rotatable bonds is 6. The van der Waals surface area contributed by atoms with Crippen LogP contribution in [0, 0.1) is 6.92 Å². The molecule has 1 N–H and O–H groups in total. The first-order valence-corrected chi connectivity index (χ1v) is 11.0. The lowest BCUT2D eigenvalue weighted by molar-refractivity contribution is 0.101. The van der Waals surface area contributed by atoms with Gasteiger partial charge in [0.1, 0.15) is 11.4 Å². The Balaban J connectivity index is 1.43. The van der Waals surface area contributed by atoms with Crippen LogP contribution in [0.2, 0.25) is 0 Å². The minimum atomic E-state index is -0.225. The van der Waals surface area contributed by atoms with Crippen molar-refractivity contribution in [1.29, 1.82) is 0 Å². The van der Waals surface area contributed by atoms with E-state index in [1.165, 1.54) is 16.9 Å². The Hall–Kier alpha value is -3.84. The SMILES string of the molecule is COc1cccc(-c2csc(NC(=O)c3cc4occc4n3Cc3ccccc3C)n2)c1. The second-order valence-corrected chi connectivity index (χ2v) is 8.29. The van der Waals surface area contributed by atoms with Crippen LogP contribution >= 0.6 is 11.3 Å². The Bertz CT molecular complexity index is 1410. The first kappa shape index (κ1) is 20.1. The van der Waals surface area contributed by atoms with Crippen molar-refractivity contribution < 1.29 is 13.9 Å². The smallest absolute Gasteiger partial charge is 0.274 e. The normalized spacial score (nSPS) is 11.1. The van der Waals surface area contributed by atoms with Crippen LogP contribution in [0.3, 0.4) is 0 Å². The standard InChI is InChI=1S/C25H21N3O3S/c1-16-6-3-4-7-18(16)14-28-21-10-11-31-23(21)13-22(28)24(29)27-25-26-20(15-32-25)17-8-5-9-19(12-17)30-2/h3-13,15H,14H2,1-2H3,(H,26,27,29). The summed E-state index contributed by atoms with van der Waals surface area (Å²) < 4.78 is 12.8. The summed E-state index contributed by atoms with van der Waals surface area (Å²) in [6.07, 6.45) is 1.64. The number of nitrogens with one attached hydrogen (secondary N) is 1. The minimum Gasteiger partial charge on any atom is -0.497 e. The van der Waals surface area contributed by atoms with Crippen LogP contribution in [0.15, 0.2) is 76.7 Å². The topological polar surface area (TPSA) is 69.3 Å². The van der Waals surface area contributed by atoms with E-state index in [1.54, 1.807) is 19.4 Å². The molecule has 0 spiro atoms. The van der Waals surface area contributed by atoms with Gasteiger partial charge in [-0.2, -0.15) is 0 Å². The largest absolute Gasteiger partial charge is 0.497 e. The number of methoxy groups -OCH3 is 1. The first-order chi connectivity index (χ1) is 15.6. The molecule has 3 heterocycles. The highest BCUT2D eigenvalue weighted by Gasteiger charge is 2.19. The molecule has 2 aromatic carbocycles. The summed E-state index contributed by atoms with van der Waals surface area (Å²) in [5, 5.41) is 5.40. The third kappa shape index (κ3) is 3.78. The van der Waals surface area contributed by atoms with Gasteiger partial charge in [-0.25, -0.2) is 4.98 Å². The fourth-order valence-corrected chi connectivity index (χ4v) is 4.42. The van der Waals surface area contributed by atoms with E-state index in [9.17, 15) is 4.79 Å². The van der Waals surface area contributed by atoms with Gasteiger partial charge in [0.2, 0.25) is 0 Å². The highest BCUT2D eigenvalue weighted by atomic mass is 32.1. The minimum absolute atomic E-state index is 0.225. The fourth-order valence-electron chi connectivity index (χ4n) is 3.70. The fraction of sp³-hybridized carbons (Fsp3) is 0.120. The summed E-state index contributed by atoms with van der Waals surface area (Å²) in [7, 11) is 1.63. The number of carbonyl (C=O) groups is 1. The molecular weight excluding hydrogens is 422 g/mol. The summed E-state index contributed by atoms with van der Waals surface area (Å²) in [5.41, 5.74) is 6.13. The Kier molecular flexibility index (Phi) is 5.25. The molecule has 0 saturated carbocycles. The Morgan fingerprint density at radius 2 is 2.03 bits per heavy atom. The molecular formula is C25H21N3O3S. The lowest BCUT2D eigenvalue weighted by atomic mass is 10.1. The predicted molar refractivity (Wildman–Crippen MR) is 127 cm³/mol. The summed E-state index contributed by atoms with van der Waals surface area (Å²) in [6, 6.07) is 19.5. The molecule has 0 aliphatic heterocycles. The molecule has 160 valence electrons. The van der Waals surface area contributed by atoms with E-state index in [4.69, 9.17) is 9.15 Å². The van der Waals surface area contributed by atoms with Crippen LogP contribution in [0.25, 0.3) is 22.4 Å². The highest BCUT2D eigenvalue weighted by Crippen LogP contribution is 2.29. The number of furan rings is 1. The van der Waals surface area contributed by atoms with E-state index >= 15 is 0 Å². The number of carbonyl (C=O) groups excluding carboxylic acids is 1. The van der Waals surface area contributed by atoms with Gasteiger partial charge < -0.3 is 13.7 Å². The molecule has 1 amide bonds. The number of aryl methyl sites for hydroxylation is 1. The van der Waals surface area contributed by atoms with E-state index < -0.39 is 0 Å². The second-order valence-electron chi connectivity index (χ2n) is 7.44. The van der Waals surface area contributed by atoms with Crippen molar-refractivity contribution in [3.8, 4) is 17.0 Å². The molecule has 3 aromatic heterocycles. The van der Waals surface area contributed by atoms with E-state index in [2.05, 4.69) is 29.4 Å². The van der Waals surface area contributed by atoms with E-state index in [1.807, 2.05) is 52.4 Å². The number of amides is 1. The quantitative estimate of drug-likeness (QED) is 0.351. The highest BCUT2D eigenvalue weighted by molar-refractivity contribution is 7.14. The molecule has 0 bridgehead atoms. The third-order valence-corrected chi connectivity index (χ3v) is 6.19. The van der Waals surface area contributed by atoms with Crippen LogP contribution in [0.1, 0.15) is 21.6 Å². The van der Waals surface area contributed by atoms with Gasteiger partial charge in [0.15, 0.2) is 10.7 Å². The van der Waals surface area contributed by atoms with Gasteiger partial charge in [0.05, 0.1) is 24.6 Å². The van der Waals surface area contributed by atoms with Crippen molar-refractivity contribution >= 4 is 33.5 Å². The predicted octanol–water partition coefficient (Wildman–Crippen LogP) is 5.98. The van der Waals surface area contributed by atoms with Crippen molar-refractivity contribution in [1.82, 2.24) is 9.55 Å². The molecule has 0 unspecified atom stereocenters. The molecule has 0 aliphatic rings. The number of ether oxygens (including phenoxy) is 1. The van der Waals surface area contributed by atoms with Crippen molar-refractivity contribution in [3.63, 3.8) is 0 Å². The summed E-state index contributed by atoms with van der Waals surface area (Å²) in [6.45, 7) is 2.65. The Morgan fingerprint density at radius 3 is 2.88 bits per heavy atom. The van der Waals surface area contributed by atoms with Crippen molar-refractivity contribution in [2.75, 3.05) is 12.4 Å². The second kappa shape index (κ2) is 8.36. The number of benzene rings is 2. The maximum atomic E-state index is 13.2. The maximum Gasteiger partial charge on any atom is 0.274 e. The summed E-state index contributed by atoms with van der Waals surface area (Å²) in [5.74, 6) is 0.536. The lowest BCUT2D eigenvalue weighted by Crippen LogP contribution is -2.17. The molecule has 32 heavy (non-hydrogen) atoms. The number of nitrogens with zero attached hydrogens (tertiary/aromatic N) is 2. The van der Waals surface area contributed by atoms with Gasteiger partial charge in [-0.15, -0.1) is 11.3 Å². The zero-order valence-electron chi connectivity index (χ0n) is 17.7. The molecule has 0 saturated heterocycles. The van der Waals surface area contributed by atoms with Gasteiger partial charge >= 0.3 is 0 Å². The van der Waals surface area contributed by atoms with Gasteiger partial charge in [-0.05, 0) is 30.2 Å². The number of anilines is 1. The maximum absolute atomic E-state index is 13.2. The number of thiazole rings is 1. The number of hydrogen-bond acceptors (Lipinski definition) is 5. The molecule has 0 radical (unpaired) electrons. The molecule has 5 rings (SSSR count). The third-order valence-electron chi connectivity index (χ3n) is 5.44. The zero-order chi connectivity index (χ0) is 22.1. The number of hydrogen-bond donors (Lipinski definition) is 1. The first-order valence-electron chi connectivity index (χ1n) is 10.1. The van der Waals surface area contributed by atoms with Gasteiger partial charge in [-0.3, -0.25) is 10.1 Å². The van der Waals surface area contributed by atoms with E-state index in [0.29, 0.717) is 23.0 Å². The van der Waals surface area contributed by atoms with Crippen molar-refractivity contribution in [2.45, 2.75) is 13.5 Å². The van der Waals surface area contributed by atoms with Crippen molar-refractivity contribution in [3.05, 3.63) is 89.1 Å². The Labute approximate surface area is 189 Å². The molecule has 5 aromatic rings. The molecule has 0 fully saturated rings. The average molecular weight is 444 g/mol. The van der Waals surface area contributed by atoms with Crippen LogP contribution < -0.4 is 10.1 Å². The molecule has 6 nitrogen and oxygen atoms in total. The van der Waals surface area contributed by atoms with E-state index in [-0.39, 0.29) is 5.91 Å². The van der Waals surface area contributed by atoms with Gasteiger partial charge in [-0.1, -0.05) is 36.4 Å². The average Bonchev–Trinajstić information content (AvgIpc) is 3.53. The van der Waals surface area contributed by atoms with Gasteiger partial charge in [0, 0.05) is 29.6 Å².